The highest BCUT2D eigenvalue weighted by Gasteiger charge is 2.18. The van der Waals surface area contributed by atoms with Crippen LogP contribution in [-0.4, -0.2) is 39.0 Å². The molecular formula is C30H41BrN6O2S. The van der Waals surface area contributed by atoms with Gasteiger partial charge in [0.15, 0.2) is 5.03 Å². The van der Waals surface area contributed by atoms with E-state index in [0.29, 0.717) is 0 Å². The van der Waals surface area contributed by atoms with Gasteiger partial charge in [-0.3, -0.25) is 0 Å². The van der Waals surface area contributed by atoms with Crippen molar-refractivity contribution < 1.29 is 8.42 Å². The molecule has 4 rings (SSSR count). The van der Waals surface area contributed by atoms with Gasteiger partial charge in [0.25, 0.3) is 10.0 Å². The largest absolute Gasteiger partial charge is 0.339 e. The Bertz CT molecular complexity index is 1360. The number of nitrogens with zero attached hydrogens (tertiary/aromatic N) is 5. The van der Waals surface area contributed by atoms with Crippen LogP contribution in [0.25, 0.3) is 22.5 Å². The summed E-state index contributed by atoms with van der Waals surface area (Å²) < 4.78 is 28.0. The van der Waals surface area contributed by atoms with Gasteiger partial charge in [-0.1, -0.05) is 58.4 Å². The number of rotatable bonds is 6. The van der Waals surface area contributed by atoms with E-state index in [9.17, 15) is 8.42 Å². The van der Waals surface area contributed by atoms with Crippen molar-refractivity contribution in [3.05, 3.63) is 111 Å². The van der Waals surface area contributed by atoms with Crippen LogP contribution < -0.4 is 4.72 Å². The van der Waals surface area contributed by atoms with Crippen LogP contribution in [0.4, 0.5) is 0 Å². The Morgan fingerprint density at radius 2 is 1.27 bits per heavy atom. The summed E-state index contributed by atoms with van der Waals surface area (Å²) in [6.07, 6.45) is 2.92. The smallest absolute Gasteiger partial charge is 0.259 e. The fourth-order valence-electron chi connectivity index (χ4n) is 3.04. The van der Waals surface area contributed by atoms with Gasteiger partial charge in [0.05, 0.1) is 12.4 Å². The lowest BCUT2D eigenvalue weighted by atomic mass is 10.1. The first kappa shape index (κ1) is 36.4. The third kappa shape index (κ3) is 11.3. The zero-order chi connectivity index (χ0) is 30.9. The van der Waals surface area contributed by atoms with Crippen LogP contribution in [0.2, 0.25) is 0 Å². The number of halogens is 1. The topological polar surface area (TPSA) is 94.7 Å². The van der Waals surface area contributed by atoms with E-state index in [-0.39, 0.29) is 17.1 Å². The van der Waals surface area contributed by atoms with Crippen molar-refractivity contribution in [1.29, 1.82) is 0 Å². The third-order valence-corrected chi connectivity index (χ3v) is 6.68. The van der Waals surface area contributed by atoms with Gasteiger partial charge in [0, 0.05) is 34.9 Å². The fourth-order valence-corrected chi connectivity index (χ4v) is 4.54. The molecule has 10 heteroatoms. The minimum absolute atomic E-state index is 0.0590. The average Bonchev–Trinajstić information content (AvgIpc) is 3.61. The molecule has 0 bridgehead atoms. The van der Waals surface area contributed by atoms with Crippen molar-refractivity contribution in [1.82, 2.24) is 29.3 Å². The molecule has 2 aromatic heterocycles. The van der Waals surface area contributed by atoms with E-state index < -0.39 is 10.0 Å². The summed E-state index contributed by atoms with van der Waals surface area (Å²) in [4.78, 5) is 5.53. The van der Waals surface area contributed by atoms with Gasteiger partial charge in [-0.2, -0.15) is 15.0 Å². The molecule has 0 saturated heterocycles. The van der Waals surface area contributed by atoms with Gasteiger partial charge in [0.2, 0.25) is 0 Å². The lowest BCUT2D eigenvalue weighted by Gasteiger charge is -2.06. The molecule has 2 aromatic carbocycles. The minimum Gasteiger partial charge on any atom is -0.339 e. The van der Waals surface area contributed by atoms with Crippen LogP contribution in [0.15, 0.2) is 116 Å². The molecule has 1 N–H and O–H groups in total. The summed E-state index contributed by atoms with van der Waals surface area (Å²) in [6, 6.07) is 18.5. The number of hydrogen-bond acceptors (Lipinski definition) is 5. The van der Waals surface area contributed by atoms with Crippen LogP contribution in [0, 0.1) is 0 Å². The molecule has 8 nitrogen and oxygen atoms in total. The second-order valence-corrected chi connectivity index (χ2v) is 10.9. The molecule has 216 valence electrons. The van der Waals surface area contributed by atoms with Gasteiger partial charge < -0.3 is 4.57 Å². The summed E-state index contributed by atoms with van der Waals surface area (Å²) >= 11 is 3.47. The Morgan fingerprint density at radius 3 is 1.68 bits per heavy atom. The number of sulfonamides is 1. The third-order valence-electron chi connectivity index (χ3n) is 4.60. The zero-order valence-corrected chi connectivity index (χ0v) is 26.5. The maximum absolute atomic E-state index is 11.5. The molecule has 0 fully saturated rings. The van der Waals surface area contributed by atoms with Gasteiger partial charge in [-0.25, -0.2) is 18.1 Å². The molecule has 0 saturated carbocycles. The highest BCUT2D eigenvalue weighted by atomic mass is 79.9. The molecule has 2 heterocycles. The molecule has 40 heavy (non-hydrogen) atoms. The maximum atomic E-state index is 11.5. The first-order valence-corrected chi connectivity index (χ1v) is 14.6. The second kappa shape index (κ2) is 18.6. The molecule has 0 spiro atoms. The molecular weight excluding hydrogens is 588 g/mol. The molecule has 0 radical (unpaired) electrons. The van der Waals surface area contributed by atoms with Gasteiger partial charge >= 0.3 is 0 Å². The molecule has 0 aliphatic heterocycles. The van der Waals surface area contributed by atoms with E-state index in [0.717, 1.165) is 27.0 Å². The average molecular weight is 630 g/mol. The van der Waals surface area contributed by atoms with Crippen LogP contribution in [0.3, 0.4) is 0 Å². The number of imidazole rings is 1. The van der Waals surface area contributed by atoms with E-state index in [1.165, 1.54) is 12.5 Å². The monoisotopic (exact) mass is 628 g/mol. The Balaban J connectivity index is 0.000000691. The normalized spacial score (nSPS) is 10.1. The molecule has 0 unspecified atom stereocenters. The molecule has 0 atom stereocenters. The first-order valence-electron chi connectivity index (χ1n) is 12.4. The quantitative estimate of drug-likeness (QED) is 0.223. The first-order chi connectivity index (χ1) is 19.1. The van der Waals surface area contributed by atoms with Gasteiger partial charge in [-0.05, 0) is 39.8 Å². The fraction of sp³-hybridized carbons (Fsp3) is 0.233. The van der Waals surface area contributed by atoms with E-state index >= 15 is 0 Å². The standard InChI is InChI=1S/C17H16BrN3.C7H13N3O2S.3C2H4/c1-12(2)21-19-16(13-6-4-3-5-7-13)17(20-21)14-8-10-15(18)11-9-14;1-6(2)9-13(11,12)7-4-10(3)5-8-7;3*1-2/h3-12H,1-2H3;4-6,9H,1-3H3;3*1-2H2. The zero-order valence-electron chi connectivity index (χ0n) is 24.1. The van der Waals surface area contributed by atoms with Gasteiger partial charge in [-0.15, -0.1) is 39.5 Å². The Morgan fingerprint density at radius 1 is 0.800 bits per heavy atom. The number of hydrogen-bond donors (Lipinski definition) is 1. The van der Waals surface area contributed by atoms with Crippen LogP contribution in [0.1, 0.15) is 33.7 Å². The van der Waals surface area contributed by atoms with Crippen LogP contribution in [-0.2, 0) is 17.1 Å². The SMILES string of the molecule is C=C.C=C.C=C.CC(C)NS(=O)(=O)c1cn(C)cn1.CC(C)n1nc(-c2ccccc2)c(-c2ccc(Br)cc2)n1. The highest BCUT2D eigenvalue weighted by molar-refractivity contribution is 9.10. The Kier molecular flexibility index (Phi) is 17.0. The van der Waals surface area contributed by atoms with Crippen LogP contribution in [0.5, 0.6) is 0 Å². The molecule has 0 aliphatic carbocycles. The van der Waals surface area contributed by atoms with E-state index in [1.54, 1.807) is 30.3 Å². The number of nitrogens with one attached hydrogen (secondary N) is 1. The summed E-state index contributed by atoms with van der Waals surface area (Å²) in [5, 5.41) is 9.41. The van der Waals surface area contributed by atoms with Crippen LogP contribution >= 0.6 is 15.9 Å². The molecule has 0 amide bonds. The number of benzene rings is 2. The van der Waals surface area contributed by atoms with Crippen molar-refractivity contribution in [3.63, 3.8) is 0 Å². The van der Waals surface area contributed by atoms with Crippen molar-refractivity contribution >= 4 is 26.0 Å². The van der Waals surface area contributed by atoms with Crippen molar-refractivity contribution in [2.45, 2.75) is 44.8 Å². The summed E-state index contributed by atoms with van der Waals surface area (Å²) in [7, 11) is -1.70. The summed E-state index contributed by atoms with van der Waals surface area (Å²) in [5.41, 5.74) is 4.00. The van der Waals surface area contributed by atoms with Crippen molar-refractivity contribution in [3.8, 4) is 22.5 Å². The molecule has 4 aromatic rings. The lowest BCUT2D eigenvalue weighted by molar-refractivity contribution is 0.468. The van der Waals surface area contributed by atoms with Gasteiger partial charge in [0.1, 0.15) is 11.4 Å². The van der Waals surface area contributed by atoms with Crippen molar-refractivity contribution in [2.75, 3.05) is 0 Å². The molecule has 0 aliphatic rings. The van der Waals surface area contributed by atoms with E-state index in [4.69, 9.17) is 0 Å². The highest BCUT2D eigenvalue weighted by Crippen LogP contribution is 2.30. The Labute approximate surface area is 248 Å². The van der Waals surface area contributed by atoms with E-state index in [2.05, 4.69) is 113 Å². The predicted molar refractivity (Wildman–Crippen MR) is 171 cm³/mol. The Hall–Kier alpha value is -3.60. The second-order valence-electron chi connectivity index (χ2n) is 8.34. The predicted octanol–water partition coefficient (Wildman–Crippen LogP) is 7.47. The van der Waals surface area contributed by atoms with Crippen molar-refractivity contribution in [2.24, 2.45) is 7.05 Å². The number of aromatic nitrogens is 5. The number of aryl methyl sites for hydroxylation is 1. The maximum Gasteiger partial charge on any atom is 0.259 e. The summed E-state index contributed by atoms with van der Waals surface area (Å²) in [6.45, 7) is 25.7. The minimum atomic E-state index is -3.42. The lowest BCUT2D eigenvalue weighted by Crippen LogP contribution is -2.30. The summed E-state index contributed by atoms with van der Waals surface area (Å²) in [5.74, 6) is 0. The van der Waals surface area contributed by atoms with E-state index in [1.807, 2.05) is 30.3 Å².